The van der Waals surface area contributed by atoms with Gasteiger partial charge in [0.2, 0.25) is 5.91 Å². The van der Waals surface area contributed by atoms with Gasteiger partial charge in [-0.15, -0.1) is 0 Å². The molecule has 6 nitrogen and oxygen atoms in total. The second kappa shape index (κ2) is 6.15. The van der Waals surface area contributed by atoms with E-state index in [9.17, 15) is 14.4 Å². The minimum absolute atomic E-state index is 0.285. The highest BCUT2D eigenvalue weighted by Crippen LogP contribution is 2.15. The molecule has 0 spiro atoms. The third kappa shape index (κ3) is 3.85. The van der Waals surface area contributed by atoms with Crippen molar-refractivity contribution in [3.05, 3.63) is 34.3 Å². The quantitative estimate of drug-likeness (QED) is 0.735. The molecule has 1 unspecified atom stereocenters. The van der Waals surface area contributed by atoms with Crippen molar-refractivity contribution in [2.75, 3.05) is 0 Å². The van der Waals surface area contributed by atoms with Crippen molar-refractivity contribution in [1.29, 1.82) is 0 Å². The van der Waals surface area contributed by atoms with Crippen molar-refractivity contribution in [1.82, 2.24) is 5.32 Å². The van der Waals surface area contributed by atoms with E-state index in [1.807, 2.05) is 0 Å². The summed E-state index contributed by atoms with van der Waals surface area (Å²) >= 11 is 3.17. The molecule has 4 N–H and O–H groups in total. The number of aliphatic carboxylic acids is 1. The number of hydrogen-bond acceptors (Lipinski definition) is 3. The molecular weight excluding hydrogens is 304 g/mol. The average Bonchev–Trinajstić information content (AvgIpc) is 2.27. The van der Waals surface area contributed by atoms with Gasteiger partial charge in [-0.2, -0.15) is 0 Å². The summed E-state index contributed by atoms with van der Waals surface area (Å²) in [6.07, 6.45) is -0.453. The van der Waals surface area contributed by atoms with Crippen molar-refractivity contribution in [2.24, 2.45) is 5.73 Å². The zero-order valence-corrected chi connectivity index (χ0v) is 10.8. The topological polar surface area (TPSA) is 109 Å². The number of rotatable bonds is 5. The van der Waals surface area contributed by atoms with Crippen molar-refractivity contribution in [2.45, 2.75) is 12.5 Å². The lowest BCUT2D eigenvalue weighted by Gasteiger charge is -2.13. The van der Waals surface area contributed by atoms with Gasteiger partial charge in [0.05, 0.1) is 12.0 Å². The second-order valence-electron chi connectivity index (χ2n) is 3.51. The lowest BCUT2D eigenvalue weighted by molar-refractivity contribution is -0.140. The average molecular weight is 315 g/mol. The zero-order valence-electron chi connectivity index (χ0n) is 9.22. The summed E-state index contributed by atoms with van der Waals surface area (Å²) in [5.41, 5.74) is 5.20. The van der Waals surface area contributed by atoms with E-state index in [0.29, 0.717) is 4.47 Å². The smallest absolute Gasteiger partial charge is 0.326 e. The number of nitrogens with two attached hydrogens (primary N) is 1. The predicted molar refractivity (Wildman–Crippen MR) is 66.8 cm³/mol. The molecule has 7 heteroatoms. The van der Waals surface area contributed by atoms with E-state index >= 15 is 0 Å². The maximum Gasteiger partial charge on any atom is 0.326 e. The summed E-state index contributed by atoms with van der Waals surface area (Å²) < 4.78 is 0.533. The normalized spacial score (nSPS) is 11.6. The van der Waals surface area contributed by atoms with Gasteiger partial charge in [-0.05, 0) is 28.1 Å². The van der Waals surface area contributed by atoms with Crippen LogP contribution in [0.3, 0.4) is 0 Å². The fourth-order valence-corrected chi connectivity index (χ4v) is 1.75. The number of hydrogen-bond donors (Lipinski definition) is 3. The number of carbonyl (C=O) groups excluding carboxylic acids is 2. The van der Waals surface area contributed by atoms with Crippen LogP contribution in [0.15, 0.2) is 28.7 Å². The summed E-state index contributed by atoms with van der Waals surface area (Å²) in [5.74, 6) is -2.69. The van der Waals surface area contributed by atoms with Crippen LogP contribution in [-0.4, -0.2) is 28.9 Å². The van der Waals surface area contributed by atoms with E-state index in [0.717, 1.165) is 0 Å². The summed E-state index contributed by atoms with van der Waals surface area (Å²) in [4.78, 5) is 33.4. The Morgan fingerprint density at radius 3 is 2.44 bits per heavy atom. The number of carboxylic acid groups (broad SMARTS) is 1. The third-order valence-electron chi connectivity index (χ3n) is 2.13. The molecule has 0 saturated heterocycles. The Kier molecular flexibility index (Phi) is 4.85. The molecule has 0 aliphatic carbocycles. The number of nitrogens with one attached hydrogen (secondary N) is 1. The van der Waals surface area contributed by atoms with Crippen LogP contribution >= 0.6 is 15.9 Å². The van der Waals surface area contributed by atoms with Gasteiger partial charge in [0.1, 0.15) is 6.04 Å². The Morgan fingerprint density at radius 1 is 1.33 bits per heavy atom. The molecule has 0 saturated carbocycles. The molecule has 18 heavy (non-hydrogen) atoms. The molecule has 0 aliphatic heterocycles. The maximum atomic E-state index is 11.8. The molecule has 96 valence electrons. The fourth-order valence-electron chi connectivity index (χ4n) is 1.28. The third-order valence-corrected chi connectivity index (χ3v) is 2.82. The van der Waals surface area contributed by atoms with Gasteiger partial charge in [0, 0.05) is 4.47 Å². The number of halogens is 1. The highest BCUT2D eigenvalue weighted by atomic mass is 79.9. The molecule has 2 amide bonds. The van der Waals surface area contributed by atoms with Gasteiger partial charge >= 0.3 is 5.97 Å². The van der Waals surface area contributed by atoms with Gasteiger partial charge in [0.25, 0.3) is 5.91 Å². The molecule has 0 aromatic heterocycles. The minimum Gasteiger partial charge on any atom is -0.480 e. The van der Waals surface area contributed by atoms with E-state index in [-0.39, 0.29) is 5.56 Å². The van der Waals surface area contributed by atoms with E-state index in [4.69, 9.17) is 10.8 Å². The first-order chi connectivity index (χ1) is 8.41. The van der Waals surface area contributed by atoms with Crippen LogP contribution in [0.1, 0.15) is 16.8 Å². The summed E-state index contributed by atoms with van der Waals surface area (Å²) in [6, 6.07) is 5.21. The van der Waals surface area contributed by atoms with Gasteiger partial charge in [-0.1, -0.05) is 12.1 Å². The van der Waals surface area contributed by atoms with Gasteiger partial charge in [0.15, 0.2) is 0 Å². The lowest BCUT2D eigenvalue weighted by atomic mass is 10.1. The zero-order chi connectivity index (χ0) is 13.7. The van der Waals surface area contributed by atoms with Crippen molar-refractivity contribution >= 4 is 33.7 Å². The van der Waals surface area contributed by atoms with Crippen LogP contribution in [0, 0.1) is 0 Å². The second-order valence-corrected chi connectivity index (χ2v) is 4.37. The first kappa shape index (κ1) is 14.2. The first-order valence-electron chi connectivity index (χ1n) is 4.98. The molecule has 1 aromatic rings. The van der Waals surface area contributed by atoms with Crippen LogP contribution in [0.5, 0.6) is 0 Å². The minimum atomic E-state index is -1.33. The number of primary amides is 1. The molecular formula is C11H11BrN2O4. The van der Waals surface area contributed by atoms with Crippen molar-refractivity contribution in [3.8, 4) is 0 Å². The Hall–Kier alpha value is -1.89. The number of benzene rings is 1. The fraction of sp³-hybridized carbons (Fsp3) is 0.182. The Balaban J connectivity index is 2.82. The summed E-state index contributed by atoms with van der Waals surface area (Å²) in [6.45, 7) is 0. The van der Waals surface area contributed by atoms with E-state index < -0.39 is 30.2 Å². The Morgan fingerprint density at radius 2 is 1.94 bits per heavy atom. The maximum absolute atomic E-state index is 11.8. The predicted octanol–water partition coefficient (Wildman–Crippen LogP) is 0.507. The number of carbonyl (C=O) groups is 3. The van der Waals surface area contributed by atoms with E-state index in [1.54, 1.807) is 18.2 Å². The summed E-state index contributed by atoms with van der Waals surface area (Å²) in [5, 5.41) is 11.1. The highest BCUT2D eigenvalue weighted by Gasteiger charge is 2.23. The van der Waals surface area contributed by atoms with Crippen molar-refractivity contribution in [3.63, 3.8) is 0 Å². The monoisotopic (exact) mass is 314 g/mol. The lowest BCUT2D eigenvalue weighted by Crippen LogP contribution is -2.43. The Labute approximate surface area is 111 Å². The number of carboxylic acids is 1. The molecule has 1 rings (SSSR count). The summed E-state index contributed by atoms with van der Waals surface area (Å²) in [7, 11) is 0. The molecule has 0 radical (unpaired) electrons. The molecule has 1 atom stereocenters. The Bertz CT molecular complexity index is 490. The van der Waals surface area contributed by atoms with E-state index in [2.05, 4.69) is 21.2 Å². The van der Waals surface area contributed by atoms with Gasteiger partial charge < -0.3 is 16.2 Å². The molecule has 0 aliphatic rings. The van der Waals surface area contributed by atoms with Gasteiger partial charge in [-0.25, -0.2) is 4.79 Å². The molecule has 1 aromatic carbocycles. The SMILES string of the molecule is NC(=O)CC(NC(=O)c1ccccc1Br)C(=O)O. The molecule has 0 fully saturated rings. The number of amides is 2. The van der Waals surface area contributed by atoms with E-state index in [1.165, 1.54) is 6.07 Å². The standard InChI is InChI=1S/C11H11BrN2O4/c12-7-4-2-1-3-6(7)10(16)14-8(11(17)18)5-9(13)15/h1-4,8H,5H2,(H2,13,15)(H,14,16)(H,17,18). The molecule has 0 heterocycles. The first-order valence-corrected chi connectivity index (χ1v) is 5.77. The van der Waals surface area contributed by atoms with Crippen LogP contribution in [-0.2, 0) is 9.59 Å². The van der Waals surface area contributed by atoms with Crippen LogP contribution in [0.4, 0.5) is 0 Å². The van der Waals surface area contributed by atoms with Crippen LogP contribution in [0.2, 0.25) is 0 Å². The van der Waals surface area contributed by atoms with Crippen LogP contribution in [0.25, 0.3) is 0 Å². The van der Waals surface area contributed by atoms with Crippen LogP contribution < -0.4 is 11.1 Å². The van der Waals surface area contributed by atoms with Crippen molar-refractivity contribution < 1.29 is 19.5 Å². The highest BCUT2D eigenvalue weighted by molar-refractivity contribution is 9.10. The van der Waals surface area contributed by atoms with Gasteiger partial charge in [-0.3, -0.25) is 9.59 Å². The largest absolute Gasteiger partial charge is 0.480 e. The molecule has 0 bridgehead atoms.